The SMILES string of the molecule is CC(C)(C)OC(=O)N[C@@H](COc1cncc(-c2ccc(C(N)=NO)cc2)c1)Cc1c[nH]c2ccccc12. The Balaban J connectivity index is 1.50. The van der Waals surface area contributed by atoms with Crippen molar-refractivity contribution in [3.63, 3.8) is 0 Å². The molecule has 2 aromatic heterocycles. The largest absolute Gasteiger partial charge is 0.490 e. The van der Waals surface area contributed by atoms with E-state index in [1.807, 2.05) is 69.4 Å². The van der Waals surface area contributed by atoms with Crippen LogP contribution in [-0.4, -0.2) is 45.4 Å². The van der Waals surface area contributed by atoms with Gasteiger partial charge >= 0.3 is 6.09 Å². The summed E-state index contributed by atoms with van der Waals surface area (Å²) in [5.41, 5.74) is 9.49. The van der Waals surface area contributed by atoms with Crippen molar-refractivity contribution in [3.8, 4) is 16.9 Å². The van der Waals surface area contributed by atoms with E-state index in [2.05, 4.69) is 20.4 Å². The molecule has 0 aliphatic carbocycles. The van der Waals surface area contributed by atoms with Crippen LogP contribution in [0.15, 0.2) is 78.3 Å². The van der Waals surface area contributed by atoms with E-state index in [1.165, 1.54) is 0 Å². The number of nitrogens with one attached hydrogen (secondary N) is 2. The average Bonchev–Trinajstić information content (AvgIpc) is 3.28. The first-order chi connectivity index (χ1) is 17.7. The number of pyridine rings is 1. The Hall–Kier alpha value is -4.53. The lowest BCUT2D eigenvalue weighted by Gasteiger charge is -2.24. The number of aromatic nitrogens is 2. The van der Waals surface area contributed by atoms with Gasteiger partial charge in [0, 0.05) is 34.4 Å². The fourth-order valence-corrected chi connectivity index (χ4v) is 3.94. The molecule has 9 heteroatoms. The highest BCUT2D eigenvalue weighted by molar-refractivity contribution is 5.97. The second-order valence-electron chi connectivity index (χ2n) is 9.69. The summed E-state index contributed by atoms with van der Waals surface area (Å²) in [4.78, 5) is 20.2. The molecule has 0 saturated carbocycles. The van der Waals surface area contributed by atoms with Crippen molar-refractivity contribution in [3.05, 3.63) is 84.3 Å². The lowest BCUT2D eigenvalue weighted by molar-refractivity contribution is 0.0488. The number of H-pyrrole nitrogens is 1. The third-order valence-electron chi connectivity index (χ3n) is 5.65. The first kappa shape index (κ1) is 25.6. The summed E-state index contributed by atoms with van der Waals surface area (Å²) in [6.07, 6.45) is 5.36. The van der Waals surface area contributed by atoms with Gasteiger partial charge in [0.05, 0.1) is 12.2 Å². The molecule has 9 nitrogen and oxygen atoms in total. The fourth-order valence-electron chi connectivity index (χ4n) is 3.94. The van der Waals surface area contributed by atoms with Gasteiger partial charge in [0.15, 0.2) is 5.84 Å². The van der Waals surface area contributed by atoms with E-state index in [4.69, 9.17) is 20.4 Å². The number of benzene rings is 2. The van der Waals surface area contributed by atoms with Gasteiger partial charge in [0.25, 0.3) is 0 Å². The number of fused-ring (bicyclic) bond motifs is 1. The van der Waals surface area contributed by atoms with Crippen LogP contribution in [0.2, 0.25) is 0 Å². The molecule has 1 amide bonds. The molecule has 0 spiro atoms. The van der Waals surface area contributed by atoms with Crippen LogP contribution in [0.3, 0.4) is 0 Å². The van der Waals surface area contributed by atoms with Crippen molar-refractivity contribution < 1.29 is 19.5 Å². The van der Waals surface area contributed by atoms with Gasteiger partial charge in [0.1, 0.15) is 18.0 Å². The van der Waals surface area contributed by atoms with Gasteiger partial charge < -0.3 is 30.7 Å². The molecular weight excluding hydrogens is 470 g/mol. The molecule has 4 aromatic rings. The lowest BCUT2D eigenvalue weighted by Crippen LogP contribution is -2.43. The van der Waals surface area contributed by atoms with Crippen molar-refractivity contribution in [2.24, 2.45) is 10.9 Å². The molecule has 0 saturated heterocycles. The number of oxime groups is 1. The monoisotopic (exact) mass is 501 g/mol. The van der Waals surface area contributed by atoms with E-state index in [-0.39, 0.29) is 18.5 Å². The van der Waals surface area contributed by atoms with E-state index in [0.717, 1.165) is 27.6 Å². The molecule has 0 radical (unpaired) electrons. The molecule has 0 fully saturated rings. The van der Waals surface area contributed by atoms with Crippen LogP contribution in [0, 0.1) is 0 Å². The Morgan fingerprint density at radius 3 is 2.62 bits per heavy atom. The number of carbonyl (C=O) groups is 1. The summed E-state index contributed by atoms with van der Waals surface area (Å²) in [6.45, 7) is 5.69. The number of amidine groups is 1. The Morgan fingerprint density at radius 2 is 1.89 bits per heavy atom. The number of ether oxygens (including phenoxy) is 2. The molecule has 2 heterocycles. The summed E-state index contributed by atoms with van der Waals surface area (Å²) in [6, 6.07) is 16.8. The van der Waals surface area contributed by atoms with Crippen LogP contribution in [0.1, 0.15) is 31.9 Å². The maximum absolute atomic E-state index is 12.6. The summed E-state index contributed by atoms with van der Waals surface area (Å²) >= 11 is 0. The van der Waals surface area contributed by atoms with E-state index < -0.39 is 11.7 Å². The Labute approximate surface area is 215 Å². The number of nitrogens with zero attached hydrogens (tertiary/aromatic N) is 2. The van der Waals surface area contributed by atoms with E-state index >= 15 is 0 Å². The highest BCUT2D eigenvalue weighted by atomic mass is 16.6. The number of para-hydroxylation sites is 1. The second-order valence-corrected chi connectivity index (χ2v) is 9.69. The normalized spacial score (nSPS) is 12.8. The standard InChI is InChI=1S/C28H31N5O4/c1-28(2,3)37-27(34)32-22(12-21-15-31-25-7-5-4-6-24(21)25)17-36-23-13-20(14-30-16-23)18-8-10-19(11-9-18)26(29)33-35/h4-11,13-16,22,31,35H,12,17H2,1-3H3,(H2,29,33)(H,32,34)/t22-/m1/s1. The van der Waals surface area contributed by atoms with Crippen LogP contribution in [0.25, 0.3) is 22.0 Å². The highest BCUT2D eigenvalue weighted by Crippen LogP contribution is 2.24. The van der Waals surface area contributed by atoms with Crippen LogP contribution in [-0.2, 0) is 11.2 Å². The molecule has 2 aromatic carbocycles. The predicted molar refractivity (Wildman–Crippen MR) is 143 cm³/mol. The topological polar surface area (TPSA) is 135 Å². The summed E-state index contributed by atoms with van der Waals surface area (Å²) < 4.78 is 11.6. The first-order valence-corrected chi connectivity index (χ1v) is 11.9. The fraction of sp³-hybridized carbons (Fsp3) is 0.250. The molecule has 192 valence electrons. The number of aromatic amines is 1. The van der Waals surface area contributed by atoms with Crippen molar-refractivity contribution in [2.75, 3.05) is 6.61 Å². The minimum atomic E-state index is -0.613. The summed E-state index contributed by atoms with van der Waals surface area (Å²) in [5.74, 6) is 0.605. The number of hydrogen-bond donors (Lipinski definition) is 4. The number of hydrogen-bond acceptors (Lipinski definition) is 6. The van der Waals surface area contributed by atoms with Gasteiger partial charge in [0.2, 0.25) is 0 Å². The van der Waals surface area contributed by atoms with Crippen LogP contribution in [0.4, 0.5) is 4.79 Å². The molecule has 4 rings (SSSR count). The molecule has 1 atom stereocenters. The third-order valence-corrected chi connectivity index (χ3v) is 5.65. The summed E-state index contributed by atoms with van der Waals surface area (Å²) in [5, 5.41) is 15.9. The Morgan fingerprint density at radius 1 is 1.14 bits per heavy atom. The third kappa shape index (κ3) is 6.78. The average molecular weight is 502 g/mol. The van der Waals surface area contributed by atoms with Gasteiger partial charge in [-0.15, -0.1) is 0 Å². The molecule has 0 aliphatic heterocycles. The number of carbonyl (C=O) groups excluding carboxylic acids is 1. The van der Waals surface area contributed by atoms with Gasteiger partial charge in [-0.2, -0.15) is 0 Å². The summed E-state index contributed by atoms with van der Waals surface area (Å²) in [7, 11) is 0. The van der Waals surface area contributed by atoms with Crippen molar-refractivity contribution >= 4 is 22.8 Å². The smallest absolute Gasteiger partial charge is 0.408 e. The molecule has 37 heavy (non-hydrogen) atoms. The lowest BCUT2D eigenvalue weighted by atomic mass is 10.0. The first-order valence-electron chi connectivity index (χ1n) is 11.9. The number of nitrogens with two attached hydrogens (primary N) is 1. The van der Waals surface area contributed by atoms with Crippen molar-refractivity contribution in [2.45, 2.75) is 38.8 Å². The van der Waals surface area contributed by atoms with Crippen molar-refractivity contribution in [1.82, 2.24) is 15.3 Å². The van der Waals surface area contributed by atoms with Crippen molar-refractivity contribution in [1.29, 1.82) is 0 Å². The van der Waals surface area contributed by atoms with Crippen LogP contribution < -0.4 is 15.8 Å². The second kappa shape index (κ2) is 11.0. The number of amides is 1. The minimum Gasteiger partial charge on any atom is -0.490 e. The zero-order valence-corrected chi connectivity index (χ0v) is 21.1. The maximum atomic E-state index is 12.6. The Bertz CT molecular complexity index is 1390. The molecule has 0 bridgehead atoms. The van der Waals surface area contributed by atoms with Gasteiger partial charge in [-0.1, -0.05) is 47.6 Å². The molecular formula is C28H31N5O4. The predicted octanol–water partition coefficient (Wildman–Crippen LogP) is 4.84. The molecule has 0 aliphatic rings. The van der Waals surface area contributed by atoms with E-state index in [0.29, 0.717) is 17.7 Å². The van der Waals surface area contributed by atoms with Crippen LogP contribution in [0.5, 0.6) is 5.75 Å². The minimum absolute atomic E-state index is 0.0421. The van der Waals surface area contributed by atoms with Gasteiger partial charge in [-0.05, 0) is 50.5 Å². The number of rotatable bonds is 8. The van der Waals surface area contributed by atoms with E-state index in [9.17, 15) is 4.79 Å². The quantitative estimate of drug-likeness (QED) is 0.118. The molecule has 5 N–H and O–H groups in total. The maximum Gasteiger partial charge on any atom is 0.408 e. The van der Waals surface area contributed by atoms with E-state index in [1.54, 1.807) is 24.5 Å². The highest BCUT2D eigenvalue weighted by Gasteiger charge is 2.21. The Kier molecular flexibility index (Phi) is 7.62. The van der Waals surface area contributed by atoms with Crippen LogP contribution >= 0.6 is 0 Å². The van der Waals surface area contributed by atoms with Gasteiger partial charge in [-0.3, -0.25) is 4.98 Å². The molecule has 0 unspecified atom stereocenters. The van der Waals surface area contributed by atoms with Gasteiger partial charge in [-0.25, -0.2) is 4.79 Å². The zero-order chi connectivity index (χ0) is 26.4. The number of alkyl carbamates (subject to hydrolysis) is 1. The zero-order valence-electron chi connectivity index (χ0n) is 21.1.